The molecule has 19 heavy (non-hydrogen) atoms. The number of hydrogen-bond donors (Lipinski definition) is 0. The van der Waals surface area contributed by atoms with E-state index in [1.165, 1.54) is 0 Å². The minimum Gasteiger partial charge on any atom is -0.221 e. The fraction of sp³-hybridized carbons (Fsp3) is 0.538. The average molecular weight is 280 g/mol. The average Bonchev–Trinajstić information content (AvgIpc) is 2.81. The summed E-state index contributed by atoms with van der Waals surface area (Å²) in [6, 6.07) is 1.72. The number of nitrogens with zero attached hydrogens (tertiary/aromatic N) is 5. The number of halogens is 1. The molecule has 6 heteroatoms. The van der Waals surface area contributed by atoms with E-state index in [2.05, 4.69) is 20.1 Å². The molecule has 5 nitrogen and oxygen atoms in total. The topological polar surface area (TPSA) is 56.5 Å². The molecule has 2 rings (SSSR count). The molecule has 2 aromatic heterocycles. The van der Waals surface area contributed by atoms with Crippen LogP contribution < -0.4 is 0 Å². The Balaban J connectivity index is 2.54. The van der Waals surface area contributed by atoms with Crippen LogP contribution in [0.2, 0.25) is 5.15 Å². The molecule has 0 aliphatic heterocycles. The van der Waals surface area contributed by atoms with Crippen molar-refractivity contribution in [3.05, 3.63) is 28.7 Å². The Labute approximate surface area is 118 Å². The highest BCUT2D eigenvalue weighted by Crippen LogP contribution is 2.17. The quantitative estimate of drug-likeness (QED) is 0.808. The lowest BCUT2D eigenvalue weighted by atomic mass is 10.2. The number of rotatable bonds is 4. The maximum atomic E-state index is 6.07. The van der Waals surface area contributed by atoms with Crippen molar-refractivity contribution in [2.75, 3.05) is 0 Å². The van der Waals surface area contributed by atoms with Crippen LogP contribution in [-0.2, 0) is 12.8 Å². The molecule has 0 fully saturated rings. The molecule has 0 unspecified atom stereocenters. The Bertz CT molecular complexity index is 576. The zero-order chi connectivity index (χ0) is 14.0. The van der Waals surface area contributed by atoms with Crippen LogP contribution in [0, 0.1) is 0 Å². The molecular formula is C13H18ClN5. The summed E-state index contributed by atoms with van der Waals surface area (Å²) < 4.78 is 1.76. The fourth-order valence-corrected chi connectivity index (χ4v) is 1.93. The maximum absolute atomic E-state index is 6.07. The van der Waals surface area contributed by atoms with Gasteiger partial charge in [-0.15, -0.1) is 5.10 Å². The predicted octanol–water partition coefficient (Wildman–Crippen LogP) is 2.96. The molecule has 0 saturated carbocycles. The first-order chi connectivity index (χ1) is 9.05. The van der Waals surface area contributed by atoms with Crippen molar-refractivity contribution in [1.82, 2.24) is 24.7 Å². The van der Waals surface area contributed by atoms with Crippen LogP contribution in [0.4, 0.5) is 0 Å². The lowest BCUT2D eigenvalue weighted by Crippen LogP contribution is -2.08. The van der Waals surface area contributed by atoms with E-state index in [1.54, 1.807) is 10.7 Å². The second-order valence-corrected chi connectivity index (χ2v) is 5.01. The molecule has 102 valence electrons. The largest absolute Gasteiger partial charge is 0.221 e. The Morgan fingerprint density at radius 1 is 1.16 bits per heavy atom. The van der Waals surface area contributed by atoms with E-state index in [-0.39, 0.29) is 5.92 Å². The Kier molecular flexibility index (Phi) is 4.14. The third kappa shape index (κ3) is 2.92. The van der Waals surface area contributed by atoms with Crippen LogP contribution in [0.3, 0.4) is 0 Å². The van der Waals surface area contributed by atoms with Crippen LogP contribution in [0.15, 0.2) is 6.07 Å². The minimum absolute atomic E-state index is 0.219. The molecule has 0 amide bonds. The molecule has 0 N–H and O–H groups in total. The van der Waals surface area contributed by atoms with Gasteiger partial charge in [0.25, 0.3) is 0 Å². The maximum Gasteiger partial charge on any atom is 0.160 e. The van der Waals surface area contributed by atoms with Crippen molar-refractivity contribution in [1.29, 1.82) is 0 Å². The van der Waals surface area contributed by atoms with Crippen LogP contribution in [0.1, 0.15) is 51.1 Å². The van der Waals surface area contributed by atoms with Gasteiger partial charge < -0.3 is 0 Å². The van der Waals surface area contributed by atoms with Gasteiger partial charge in [-0.3, -0.25) is 0 Å². The van der Waals surface area contributed by atoms with Crippen molar-refractivity contribution in [2.45, 2.75) is 46.5 Å². The van der Waals surface area contributed by atoms with Crippen LogP contribution in [0.25, 0.3) is 5.82 Å². The summed E-state index contributed by atoms with van der Waals surface area (Å²) in [7, 11) is 0. The van der Waals surface area contributed by atoms with E-state index in [9.17, 15) is 0 Å². The smallest absolute Gasteiger partial charge is 0.160 e. The van der Waals surface area contributed by atoms with Gasteiger partial charge in [0.2, 0.25) is 0 Å². The molecule has 0 aliphatic rings. The van der Waals surface area contributed by atoms with Crippen LogP contribution >= 0.6 is 11.6 Å². The summed E-state index contributed by atoms with van der Waals surface area (Å²) in [6.07, 6.45) is 1.60. The van der Waals surface area contributed by atoms with Gasteiger partial charge in [-0.1, -0.05) is 39.3 Å². The molecule has 0 spiro atoms. The summed E-state index contributed by atoms with van der Waals surface area (Å²) in [5.41, 5.74) is 0. The highest BCUT2D eigenvalue weighted by molar-refractivity contribution is 6.29. The molecule has 0 radical (unpaired) electrons. The molecule has 0 bridgehead atoms. The van der Waals surface area contributed by atoms with Gasteiger partial charge in [0.1, 0.15) is 16.8 Å². The van der Waals surface area contributed by atoms with Crippen LogP contribution in [-0.4, -0.2) is 24.7 Å². The zero-order valence-corrected chi connectivity index (χ0v) is 12.4. The number of hydrogen-bond acceptors (Lipinski definition) is 4. The molecule has 0 atom stereocenters. The summed E-state index contributed by atoms with van der Waals surface area (Å²) >= 11 is 6.07. The van der Waals surface area contributed by atoms with Crippen LogP contribution in [0.5, 0.6) is 0 Å². The van der Waals surface area contributed by atoms with E-state index in [4.69, 9.17) is 11.6 Å². The van der Waals surface area contributed by atoms with E-state index in [0.29, 0.717) is 11.0 Å². The highest BCUT2D eigenvalue weighted by Gasteiger charge is 2.13. The molecular weight excluding hydrogens is 262 g/mol. The molecule has 0 aromatic carbocycles. The SMILES string of the molecule is CCc1nc(CC)n(-c2cc(Cl)nc(C(C)C)n2)n1. The lowest BCUT2D eigenvalue weighted by molar-refractivity contribution is 0.722. The van der Waals surface area contributed by atoms with E-state index in [1.807, 2.05) is 27.7 Å². The summed E-state index contributed by atoms with van der Waals surface area (Å²) in [4.78, 5) is 13.2. The normalized spacial score (nSPS) is 11.3. The van der Waals surface area contributed by atoms with E-state index < -0.39 is 0 Å². The van der Waals surface area contributed by atoms with Crippen molar-refractivity contribution in [2.24, 2.45) is 0 Å². The number of aryl methyl sites for hydroxylation is 2. The van der Waals surface area contributed by atoms with Crippen molar-refractivity contribution in [3.63, 3.8) is 0 Å². The Hall–Kier alpha value is -1.49. The Morgan fingerprint density at radius 3 is 2.47 bits per heavy atom. The second-order valence-electron chi connectivity index (χ2n) is 4.62. The van der Waals surface area contributed by atoms with E-state index >= 15 is 0 Å². The Morgan fingerprint density at radius 2 is 1.89 bits per heavy atom. The van der Waals surface area contributed by atoms with Crippen molar-refractivity contribution >= 4 is 11.6 Å². The first kappa shape index (κ1) is 13.9. The highest BCUT2D eigenvalue weighted by atomic mass is 35.5. The van der Waals surface area contributed by atoms with Crippen molar-refractivity contribution < 1.29 is 0 Å². The number of aromatic nitrogens is 5. The minimum atomic E-state index is 0.219. The molecule has 2 heterocycles. The van der Waals surface area contributed by atoms with Gasteiger partial charge in [-0.25, -0.2) is 15.0 Å². The summed E-state index contributed by atoms with van der Waals surface area (Å²) in [5, 5.41) is 4.90. The fourth-order valence-electron chi connectivity index (χ4n) is 1.74. The van der Waals surface area contributed by atoms with Gasteiger partial charge in [0, 0.05) is 24.8 Å². The molecule has 2 aromatic rings. The van der Waals surface area contributed by atoms with Crippen molar-refractivity contribution in [3.8, 4) is 5.82 Å². The van der Waals surface area contributed by atoms with Gasteiger partial charge in [0.15, 0.2) is 11.6 Å². The lowest BCUT2D eigenvalue weighted by Gasteiger charge is -2.08. The third-order valence-corrected chi connectivity index (χ3v) is 2.98. The standard InChI is InChI=1S/C13H18ClN5/c1-5-10-16-11(6-2)19(18-10)12-7-9(14)15-13(17-12)8(3)4/h7-8H,5-6H2,1-4H3. The monoisotopic (exact) mass is 279 g/mol. The third-order valence-electron chi connectivity index (χ3n) is 2.78. The van der Waals surface area contributed by atoms with Gasteiger partial charge in [-0.05, 0) is 0 Å². The molecule has 0 aliphatic carbocycles. The van der Waals surface area contributed by atoms with Gasteiger partial charge in [-0.2, -0.15) is 4.68 Å². The zero-order valence-electron chi connectivity index (χ0n) is 11.7. The predicted molar refractivity (Wildman–Crippen MR) is 74.8 cm³/mol. The molecule has 0 saturated heterocycles. The summed E-state index contributed by atoms with van der Waals surface area (Å²) in [6.45, 7) is 8.15. The summed E-state index contributed by atoms with van der Waals surface area (Å²) in [5.74, 6) is 3.33. The first-order valence-corrected chi connectivity index (χ1v) is 6.92. The second kappa shape index (κ2) is 5.65. The first-order valence-electron chi connectivity index (χ1n) is 6.54. The van der Waals surface area contributed by atoms with Gasteiger partial charge >= 0.3 is 0 Å². The van der Waals surface area contributed by atoms with E-state index in [0.717, 1.165) is 30.3 Å². The van der Waals surface area contributed by atoms with Gasteiger partial charge in [0.05, 0.1) is 0 Å².